The lowest BCUT2D eigenvalue weighted by Gasteiger charge is -2.17. The Hall–Kier alpha value is -4.24. The Kier molecular flexibility index (Phi) is 7.30. The van der Waals surface area contributed by atoms with Crippen molar-refractivity contribution in [1.82, 2.24) is 9.97 Å². The number of alkyl halides is 3. The maximum Gasteiger partial charge on any atom is 0.416 e. The molecule has 184 valence electrons. The number of rotatable bonds is 7. The van der Waals surface area contributed by atoms with Crippen molar-refractivity contribution in [1.29, 1.82) is 0 Å². The molecular weight excluding hydrogens is 469 g/mol. The van der Waals surface area contributed by atoms with Gasteiger partial charge >= 0.3 is 6.18 Å². The van der Waals surface area contributed by atoms with E-state index in [0.717, 1.165) is 28.8 Å². The first-order valence-electron chi connectivity index (χ1n) is 11.1. The number of aliphatic hydroxyl groups excluding tert-OH is 1. The number of nitrogens with zero attached hydrogens (tertiary/aromatic N) is 2. The molecule has 4 rings (SSSR count). The number of benzene rings is 3. The minimum atomic E-state index is -4.53. The van der Waals surface area contributed by atoms with Crippen LogP contribution in [-0.4, -0.2) is 21.0 Å². The number of hydrogen-bond acceptors (Lipinski definition) is 5. The number of carbonyl (C=O) groups excluding carboxylic acids is 1. The van der Waals surface area contributed by atoms with Gasteiger partial charge in [0.1, 0.15) is 5.82 Å². The van der Waals surface area contributed by atoms with Crippen molar-refractivity contribution >= 4 is 17.4 Å². The zero-order valence-corrected chi connectivity index (χ0v) is 19.3. The first-order chi connectivity index (χ1) is 17.2. The molecule has 0 saturated carbocycles. The van der Waals surface area contributed by atoms with Crippen molar-refractivity contribution in [3.8, 4) is 11.3 Å². The lowest BCUT2D eigenvalue weighted by Crippen LogP contribution is -2.14. The van der Waals surface area contributed by atoms with Crippen molar-refractivity contribution in [2.75, 3.05) is 10.6 Å². The third-order valence-corrected chi connectivity index (χ3v) is 5.50. The molecule has 0 radical (unpaired) electrons. The van der Waals surface area contributed by atoms with Gasteiger partial charge in [0.15, 0.2) is 0 Å². The predicted molar refractivity (Wildman–Crippen MR) is 131 cm³/mol. The number of nitrogens with one attached hydrogen (secondary N) is 2. The van der Waals surface area contributed by atoms with Crippen molar-refractivity contribution in [2.45, 2.75) is 25.7 Å². The highest BCUT2D eigenvalue weighted by Crippen LogP contribution is 2.30. The molecule has 3 aromatic carbocycles. The molecule has 1 heterocycles. The summed E-state index contributed by atoms with van der Waals surface area (Å²) in [6.07, 6.45) is -1.30. The van der Waals surface area contributed by atoms with E-state index in [4.69, 9.17) is 0 Å². The van der Waals surface area contributed by atoms with Crippen LogP contribution in [0.5, 0.6) is 0 Å². The second-order valence-corrected chi connectivity index (χ2v) is 8.17. The van der Waals surface area contributed by atoms with E-state index in [-0.39, 0.29) is 18.2 Å². The van der Waals surface area contributed by atoms with Crippen LogP contribution in [0.15, 0.2) is 85.2 Å². The summed E-state index contributed by atoms with van der Waals surface area (Å²) in [6, 6.07) is 18.5. The highest BCUT2D eigenvalue weighted by Gasteiger charge is 2.30. The minimum Gasteiger partial charge on any atom is -0.392 e. The number of amides is 1. The highest BCUT2D eigenvalue weighted by atomic mass is 19.4. The highest BCUT2D eigenvalue weighted by molar-refractivity contribution is 6.04. The van der Waals surface area contributed by atoms with Gasteiger partial charge in [-0.1, -0.05) is 36.4 Å². The first kappa shape index (κ1) is 24.9. The number of halogens is 3. The van der Waals surface area contributed by atoms with E-state index in [2.05, 4.69) is 20.6 Å². The molecule has 0 aliphatic rings. The molecule has 0 aliphatic carbocycles. The maximum atomic E-state index is 13.0. The molecule has 36 heavy (non-hydrogen) atoms. The van der Waals surface area contributed by atoms with Crippen LogP contribution in [0.4, 0.5) is 24.7 Å². The third-order valence-electron chi connectivity index (χ3n) is 5.50. The van der Waals surface area contributed by atoms with E-state index in [0.29, 0.717) is 17.2 Å². The number of aliphatic hydroxyl groups is 1. The van der Waals surface area contributed by atoms with Crippen molar-refractivity contribution in [3.63, 3.8) is 0 Å². The summed E-state index contributed by atoms with van der Waals surface area (Å²) in [7, 11) is 0. The lowest BCUT2D eigenvalue weighted by molar-refractivity contribution is -0.137. The molecule has 1 amide bonds. The van der Waals surface area contributed by atoms with Crippen molar-refractivity contribution in [2.24, 2.45) is 0 Å². The Balaban J connectivity index is 1.47. The standard InChI is InChI=1S/C27H23F3N4O2/c1-17(32-25-15-31-14-24(34-25)20-7-2-5-18(11-20)16-35)19-6-4-10-23(13-19)33-26(36)21-8-3-9-22(12-21)27(28,29)30/h2-15,17,35H,16H2,1H3,(H,32,34)(H,33,36). The molecule has 0 saturated heterocycles. The van der Waals surface area contributed by atoms with Crippen LogP contribution in [0.3, 0.4) is 0 Å². The Morgan fingerprint density at radius 2 is 1.78 bits per heavy atom. The van der Waals surface area contributed by atoms with Gasteiger partial charge in [-0.3, -0.25) is 9.78 Å². The van der Waals surface area contributed by atoms with Crippen molar-refractivity contribution < 1.29 is 23.1 Å². The number of aromatic nitrogens is 2. The molecular formula is C27H23F3N4O2. The predicted octanol–water partition coefficient (Wildman–Crippen LogP) is 6.08. The first-order valence-corrected chi connectivity index (χ1v) is 11.1. The second kappa shape index (κ2) is 10.6. The zero-order valence-electron chi connectivity index (χ0n) is 19.3. The molecule has 1 aromatic heterocycles. The molecule has 0 fully saturated rings. The molecule has 1 unspecified atom stereocenters. The molecule has 0 aliphatic heterocycles. The summed E-state index contributed by atoms with van der Waals surface area (Å²) < 4.78 is 38.9. The summed E-state index contributed by atoms with van der Waals surface area (Å²) in [5.74, 6) is -0.102. The Bertz CT molecular complexity index is 1370. The van der Waals surface area contributed by atoms with Gasteiger partial charge in [0, 0.05) is 16.8 Å². The summed E-state index contributed by atoms with van der Waals surface area (Å²) >= 11 is 0. The molecule has 1 atom stereocenters. The van der Waals surface area contributed by atoms with Crippen LogP contribution in [0.2, 0.25) is 0 Å². The van der Waals surface area contributed by atoms with Gasteiger partial charge in [-0.05, 0) is 54.4 Å². The fraction of sp³-hybridized carbons (Fsp3) is 0.148. The SMILES string of the molecule is CC(Nc1cncc(-c2cccc(CO)c2)n1)c1cccc(NC(=O)c2cccc(C(F)(F)F)c2)c1. The monoisotopic (exact) mass is 492 g/mol. The fourth-order valence-electron chi connectivity index (χ4n) is 3.63. The van der Waals surface area contributed by atoms with Crippen LogP contribution < -0.4 is 10.6 Å². The summed E-state index contributed by atoms with van der Waals surface area (Å²) in [5, 5.41) is 15.3. The van der Waals surface area contributed by atoms with Gasteiger partial charge in [0.05, 0.1) is 36.3 Å². The van der Waals surface area contributed by atoms with Crippen LogP contribution in [0, 0.1) is 0 Å². The summed E-state index contributed by atoms with van der Waals surface area (Å²) in [6.45, 7) is 1.84. The zero-order chi connectivity index (χ0) is 25.7. The van der Waals surface area contributed by atoms with Gasteiger partial charge < -0.3 is 15.7 Å². The third kappa shape index (κ3) is 6.05. The molecule has 9 heteroatoms. The van der Waals surface area contributed by atoms with E-state index in [1.54, 1.807) is 30.6 Å². The number of hydrogen-bond donors (Lipinski definition) is 3. The summed E-state index contributed by atoms with van der Waals surface area (Å²) in [4.78, 5) is 21.4. The maximum absolute atomic E-state index is 13.0. The lowest BCUT2D eigenvalue weighted by atomic mass is 10.1. The molecule has 4 aromatic rings. The Morgan fingerprint density at radius 1 is 1.00 bits per heavy atom. The van der Waals surface area contributed by atoms with Crippen LogP contribution in [0.25, 0.3) is 11.3 Å². The Labute approximate surface area is 205 Å². The molecule has 3 N–H and O–H groups in total. The van der Waals surface area contributed by atoms with Crippen LogP contribution in [0.1, 0.15) is 40.0 Å². The minimum absolute atomic E-state index is 0.0725. The molecule has 6 nitrogen and oxygen atoms in total. The topological polar surface area (TPSA) is 87.1 Å². The number of carbonyl (C=O) groups is 1. The van der Waals surface area contributed by atoms with Gasteiger partial charge in [-0.25, -0.2) is 4.98 Å². The van der Waals surface area contributed by atoms with Gasteiger partial charge in [-0.15, -0.1) is 0 Å². The van der Waals surface area contributed by atoms with E-state index >= 15 is 0 Å². The van der Waals surface area contributed by atoms with Crippen LogP contribution >= 0.6 is 0 Å². The largest absolute Gasteiger partial charge is 0.416 e. The Morgan fingerprint density at radius 3 is 2.56 bits per heavy atom. The smallest absolute Gasteiger partial charge is 0.392 e. The van der Waals surface area contributed by atoms with E-state index < -0.39 is 17.6 Å². The van der Waals surface area contributed by atoms with Crippen molar-refractivity contribution in [3.05, 3.63) is 107 Å². The fourth-order valence-corrected chi connectivity index (χ4v) is 3.63. The number of anilines is 2. The van der Waals surface area contributed by atoms with Gasteiger partial charge in [0.2, 0.25) is 0 Å². The van der Waals surface area contributed by atoms with Gasteiger partial charge in [-0.2, -0.15) is 13.2 Å². The normalized spacial score (nSPS) is 12.1. The average Bonchev–Trinajstić information content (AvgIpc) is 2.88. The van der Waals surface area contributed by atoms with Crippen LogP contribution in [-0.2, 0) is 12.8 Å². The average molecular weight is 493 g/mol. The quantitative estimate of drug-likeness (QED) is 0.291. The van der Waals surface area contributed by atoms with Gasteiger partial charge in [0.25, 0.3) is 5.91 Å². The second-order valence-electron chi connectivity index (χ2n) is 8.17. The molecule has 0 spiro atoms. The van der Waals surface area contributed by atoms with E-state index in [1.807, 2.05) is 37.3 Å². The molecule has 0 bridgehead atoms. The summed E-state index contributed by atoms with van der Waals surface area (Å²) in [5.41, 5.74) is 2.54. The van der Waals surface area contributed by atoms with E-state index in [1.165, 1.54) is 12.1 Å². The van der Waals surface area contributed by atoms with E-state index in [9.17, 15) is 23.1 Å².